The number of carbonyl (C=O) groups excluding carboxylic acids is 2. The van der Waals surface area contributed by atoms with Gasteiger partial charge < -0.3 is 14.7 Å². The van der Waals surface area contributed by atoms with E-state index >= 15 is 0 Å². The van der Waals surface area contributed by atoms with Gasteiger partial charge >= 0.3 is 11.9 Å². The first-order valence-corrected chi connectivity index (χ1v) is 8.02. The lowest BCUT2D eigenvalue weighted by Crippen LogP contribution is -2.44. The summed E-state index contributed by atoms with van der Waals surface area (Å²) in [5, 5.41) is 9.21. The van der Waals surface area contributed by atoms with Crippen LogP contribution >= 0.6 is 0 Å². The minimum Gasteiger partial charge on any atom is -0.478 e. The third-order valence-electron chi connectivity index (χ3n) is 3.84. The van der Waals surface area contributed by atoms with Crippen molar-refractivity contribution in [1.82, 2.24) is 4.90 Å². The number of esters is 1. The van der Waals surface area contributed by atoms with E-state index < -0.39 is 23.6 Å². The van der Waals surface area contributed by atoms with E-state index in [0.717, 1.165) is 6.42 Å². The highest BCUT2D eigenvalue weighted by Gasteiger charge is 2.36. The summed E-state index contributed by atoms with van der Waals surface area (Å²) in [4.78, 5) is 37.6. The Morgan fingerprint density at radius 3 is 2.54 bits per heavy atom. The monoisotopic (exact) mass is 333 g/mol. The Morgan fingerprint density at radius 2 is 1.92 bits per heavy atom. The van der Waals surface area contributed by atoms with Crippen LogP contribution in [0.2, 0.25) is 0 Å². The van der Waals surface area contributed by atoms with Gasteiger partial charge in [-0.15, -0.1) is 0 Å². The van der Waals surface area contributed by atoms with E-state index in [1.807, 2.05) is 0 Å². The number of carbonyl (C=O) groups is 3. The Labute approximate surface area is 141 Å². The standard InChI is InChI=1S/C18H23NO5/c1-18(2,3)24-17(23)14-9-6-10-19(14)15(20)11-12-7-4-5-8-13(12)16(21)22/h4-5,7-8,14H,6,9-11H2,1-3H3,(H,21,22)/t14-/m0/s1. The van der Waals surface area contributed by atoms with Crippen molar-refractivity contribution in [3.8, 4) is 0 Å². The van der Waals surface area contributed by atoms with Crippen LogP contribution in [0.25, 0.3) is 0 Å². The van der Waals surface area contributed by atoms with Crippen LogP contribution in [0.1, 0.15) is 49.5 Å². The minimum atomic E-state index is -1.07. The summed E-state index contributed by atoms with van der Waals surface area (Å²) >= 11 is 0. The van der Waals surface area contributed by atoms with Gasteiger partial charge in [-0.25, -0.2) is 9.59 Å². The largest absolute Gasteiger partial charge is 0.478 e. The number of amides is 1. The number of hydrogen-bond donors (Lipinski definition) is 1. The Hall–Kier alpha value is -2.37. The second-order valence-corrected chi connectivity index (χ2v) is 6.92. The number of ether oxygens (including phenoxy) is 1. The van der Waals surface area contributed by atoms with Crippen molar-refractivity contribution in [1.29, 1.82) is 0 Å². The highest BCUT2D eigenvalue weighted by Crippen LogP contribution is 2.22. The maximum absolute atomic E-state index is 12.6. The normalized spacial score (nSPS) is 17.6. The molecule has 0 aliphatic carbocycles. The maximum atomic E-state index is 12.6. The lowest BCUT2D eigenvalue weighted by molar-refractivity contribution is -0.163. The van der Waals surface area contributed by atoms with Crippen LogP contribution in [0, 0.1) is 0 Å². The SMILES string of the molecule is CC(C)(C)OC(=O)[C@@H]1CCCN1C(=O)Cc1ccccc1C(=O)O. The molecule has 0 radical (unpaired) electrons. The zero-order chi connectivity index (χ0) is 17.9. The van der Waals surface area contributed by atoms with E-state index in [1.54, 1.807) is 39.0 Å². The molecule has 0 unspecified atom stereocenters. The zero-order valence-corrected chi connectivity index (χ0v) is 14.2. The molecule has 0 aromatic heterocycles. The molecule has 6 heteroatoms. The molecule has 1 atom stereocenters. The van der Waals surface area contributed by atoms with Crippen molar-refractivity contribution in [2.75, 3.05) is 6.54 Å². The van der Waals surface area contributed by atoms with E-state index in [0.29, 0.717) is 18.5 Å². The molecule has 0 spiro atoms. The molecule has 1 aliphatic rings. The number of carboxylic acid groups (broad SMARTS) is 1. The fourth-order valence-corrected chi connectivity index (χ4v) is 2.83. The van der Waals surface area contributed by atoms with Crippen LogP contribution in [0.15, 0.2) is 24.3 Å². The Balaban J connectivity index is 2.12. The Kier molecular flexibility index (Phi) is 5.26. The average Bonchev–Trinajstić information content (AvgIpc) is 2.95. The van der Waals surface area contributed by atoms with E-state index in [1.165, 1.54) is 11.0 Å². The molecule has 1 fully saturated rings. The third-order valence-corrected chi connectivity index (χ3v) is 3.84. The van der Waals surface area contributed by atoms with Gasteiger partial charge in [-0.3, -0.25) is 4.79 Å². The van der Waals surface area contributed by atoms with Crippen LogP contribution in [0.5, 0.6) is 0 Å². The number of aromatic carboxylic acids is 1. The van der Waals surface area contributed by atoms with Crippen LogP contribution < -0.4 is 0 Å². The van der Waals surface area contributed by atoms with Crippen molar-refractivity contribution in [3.05, 3.63) is 35.4 Å². The van der Waals surface area contributed by atoms with Crippen LogP contribution in [0.4, 0.5) is 0 Å². The molecule has 1 N–H and O–H groups in total. The summed E-state index contributed by atoms with van der Waals surface area (Å²) < 4.78 is 5.39. The van der Waals surface area contributed by atoms with E-state index in [2.05, 4.69) is 0 Å². The molecular weight excluding hydrogens is 310 g/mol. The number of likely N-dealkylation sites (tertiary alicyclic amines) is 1. The van der Waals surface area contributed by atoms with Gasteiger partial charge in [-0.2, -0.15) is 0 Å². The van der Waals surface area contributed by atoms with Gasteiger partial charge in [-0.1, -0.05) is 18.2 Å². The highest BCUT2D eigenvalue weighted by molar-refractivity contribution is 5.92. The molecule has 1 saturated heterocycles. The predicted molar refractivity (Wildman–Crippen MR) is 87.7 cm³/mol. The van der Waals surface area contributed by atoms with E-state index in [9.17, 15) is 19.5 Å². The van der Waals surface area contributed by atoms with Gasteiger partial charge in [0, 0.05) is 6.54 Å². The number of benzene rings is 1. The summed E-state index contributed by atoms with van der Waals surface area (Å²) in [6.07, 6.45) is 1.26. The molecule has 6 nitrogen and oxygen atoms in total. The first-order valence-electron chi connectivity index (χ1n) is 8.02. The van der Waals surface area contributed by atoms with Crippen molar-refractivity contribution in [2.45, 2.75) is 51.7 Å². The van der Waals surface area contributed by atoms with Crippen molar-refractivity contribution >= 4 is 17.8 Å². The van der Waals surface area contributed by atoms with Crippen molar-refractivity contribution in [2.24, 2.45) is 0 Å². The van der Waals surface area contributed by atoms with Crippen LogP contribution in [-0.4, -0.2) is 46.0 Å². The fraction of sp³-hybridized carbons (Fsp3) is 0.500. The summed E-state index contributed by atoms with van der Waals surface area (Å²) in [6, 6.07) is 5.83. The first-order chi connectivity index (χ1) is 11.2. The molecule has 1 aromatic rings. The van der Waals surface area contributed by atoms with Crippen LogP contribution in [0.3, 0.4) is 0 Å². The summed E-state index contributed by atoms with van der Waals surface area (Å²) in [5.74, 6) is -1.72. The van der Waals surface area contributed by atoms with Gasteiger partial charge in [0.25, 0.3) is 0 Å². The van der Waals surface area contributed by atoms with E-state index in [-0.39, 0.29) is 17.9 Å². The van der Waals surface area contributed by atoms with Crippen molar-refractivity contribution < 1.29 is 24.2 Å². The van der Waals surface area contributed by atoms with Crippen molar-refractivity contribution in [3.63, 3.8) is 0 Å². The smallest absolute Gasteiger partial charge is 0.335 e. The quantitative estimate of drug-likeness (QED) is 0.855. The minimum absolute atomic E-state index is 0.0399. The van der Waals surface area contributed by atoms with Gasteiger partial charge in [0.05, 0.1) is 12.0 Å². The van der Waals surface area contributed by atoms with Gasteiger partial charge in [-0.05, 0) is 45.2 Å². The first kappa shape index (κ1) is 18.0. The molecule has 1 amide bonds. The molecule has 24 heavy (non-hydrogen) atoms. The molecule has 0 saturated carbocycles. The number of hydrogen-bond acceptors (Lipinski definition) is 4. The Bertz CT molecular complexity index is 647. The molecule has 130 valence electrons. The second-order valence-electron chi connectivity index (χ2n) is 6.92. The van der Waals surface area contributed by atoms with E-state index in [4.69, 9.17) is 4.74 Å². The summed E-state index contributed by atoms with van der Waals surface area (Å²) in [6.45, 7) is 5.84. The molecule has 0 bridgehead atoms. The maximum Gasteiger partial charge on any atom is 0.335 e. The Morgan fingerprint density at radius 1 is 1.25 bits per heavy atom. The molecule has 2 rings (SSSR count). The van der Waals surface area contributed by atoms with Crippen LogP contribution in [-0.2, 0) is 20.7 Å². The molecule has 1 aromatic carbocycles. The second kappa shape index (κ2) is 7.03. The molecule has 1 heterocycles. The number of nitrogens with zero attached hydrogens (tertiary/aromatic N) is 1. The summed E-state index contributed by atoms with van der Waals surface area (Å²) in [7, 11) is 0. The average molecular weight is 333 g/mol. The zero-order valence-electron chi connectivity index (χ0n) is 14.2. The number of rotatable bonds is 4. The summed E-state index contributed by atoms with van der Waals surface area (Å²) in [5.41, 5.74) is -0.0479. The molecular formula is C18H23NO5. The lowest BCUT2D eigenvalue weighted by Gasteiger charge is -2.27. The fourth-order valence-electron chi connectivity index (χ4n) is 2.83. The third kappa shape index (κ3) is 4.34. The topological polar surface area (TPSA) is 83.9 Å². The van der Waals surface area contributed by atoms with Gasteiger partial charge in [0.1, 0.15) is 11.6 Å². The van der Waals surface area contributed by atoms with Gasteiger partial charge in [0.2, 0.25) is 5.91 Å². The van der Waals surface area contributed by atoms with Gasteiger partial charge in [0.15, 0.2) is 0 Å². The molecule has 1 aliphatic heterocycles. The predicted octanol–water partition coefficient (Wildman–Crippen LogP) is 2.26. The number of carboxylic acids is 1. The highest BCUT2D eigenvalue weighted by atomic mass is 16.6. The lowest BCUT2D eigenvalue weighted by atomic mass is 10.0.